The molecule has 1 saturated heterocycles. The number of anilines is 1. The van der Waals surface area contributed by atoms with Crippen LogP contribution in [-0.4, -0.2) is 28.7 Å². The molecule has 0 radical (unpaired) electrons. The predicted molar refractivity (Wildman–Crippen MR) is 117 cm³/mol. The predicted octanol–water partition coefficient (Wildman–Crippen LogP) is 4.71. The number of aromatic nitrogens is 1. The molecule has 2 aliphatic heterocycles. The second-order valence-corrected chi connectivity index (χ2v) is 8.02. The van der Waals surface area contributed by atoms with E-state index in [-0.39, 0.29) is 16.8 Å². The Bertz CT molecular complexity index is 1320. The Morgan fingerprint density at radius 2 is 1.72 bits per heavy atom. The Hall–Kier alpha value is -3.68. The van der Waals surface area contributed by atoms with Crippen LogP contribution in [0.2, 0.25) is 0 Å². The monoisotopic (exact) mass is 438 g/mol. The van der Waals surface area contributed by atoms with E-state index in [4.69, 9.17) is 4.74 Å². The highest BCUT2D eigenvalue weighted by atomic mass is 19.1. The van der Waals surface area contributed by atoms with Crippen LogP contribution in [0.5, 0.6) is 5.75 Å². The number of nitrogens with zero attached hydrogens (tertiary/aromatic N) is 2. The van der Waals surface area contributed by atoms with Crippen molar-refractivity contribution in [2.45, 2.75) is 25.7 Å². The van der Waals surface area contributed by atoms with Gasteiger partial charge in [-0.1, -0.05) is 12.8 Å². The van der Waals surface area contributed by atoms with Crippen molar-refractivity contribution in [1.29, 1.82) is 0 Å². The molecular weight excluding hydrogens is 418 g/mol. The number of carboxylic acids is 1. The third-order valence-corrected chi connectivity index (χ3v) is 5.95. The molecule has 3 aromatic rings. The Kier molecular flexibility index (Phi) is 4.92. The van der Waals surface area contributed by atoms with Crippen molar-refractivity contribution in [3.05, 3.63) is 69.5 Å². The fraction of sp³-hybridized carbons (Fsp3) is 0.250. The third kappa shape index (κ3) is 3.32. The average molecular weight is 438 g/mol. The zero-order chi connectivity index (χ0) is 22.4. The fourth-order valence-electron chi connectivity index (χ4n) is 4.39. The first-order valence-corrected chi connectivity index (χ1v) is 10.5. The number of hydrogen-bond acceptors (Lipinski definition) is 4. The van der Waals surface area contributed by atoms with Gasteiger partial charge in [-0.3, -0.25) is 4.79 Å². The second kappa shape index (κ2) is 7.78. The Morgan fingerprint density at radius 1 is 1.03 bits per heavy atom. The van der Waals surface area contributed by atoms with Crippen LogP contribution >= 0.6 is 0 Å². The Balaban J connectivity index is 1.79. The Labute approximate surface area is 182 Å². The lowest BCUT2D eigenvalue weighted by Crippen LogP contribution is -2.27. The molecule has 0 bridgehead atoms. The fourth-order valence-corrected chi connectivity index (χ4v) is 4.39. The molecule has 0 aliphatic carbocycles. The number of carbonyl (C=O) groups is 1. The first-order valence-electron chi connectivity index (χ1n) is 10.5. The molecule has 8 heteroatoms. The second-order valence-electron chi connectivity index (χ2n) is 8.02. The lowest BCUT2D eigenvalue weighted by Gasteiger charge is -2.29. The van der Waals surface area contributed by atoms with Crippen LogP contribution in [0.4, 0.5) is 14.5 Å². The van der Waals surface area contributed by atoms with Crippen molar-refractivity contribution in [1.82, 2.24) is 4.57 Å². The zero-order valence-corrected chi connectivity index (χ0v) is 17.1. The summed E-state index contributed by atoms with van der Waals surface area (Å²) in [5.41, 5.74) is -0.141. The van der Waals surface area contributed by atoms with Crippen molar-refractivity contribution >= 4 is 34.5 Å². The topological polar surface area (TPSA) is 71.8 Å². The van der Waals surface area contributed by atoms with Crippen LogP contribution in [0.1, 0.15) is 41.6 Å². The van der Waals surface area contributed by atoms with Crippen LogP contribution in [0.25, 0.3) is 22.9 Å². The smallest absolute Gasteiger partial charge is 0.341 e. The summed E-state index contributed by atoms with van der Waals surface area (Å²) in [6, 6.07) is 6.70. The SMILES string of the molecule is O=C(O)c1cn2c3c(c(N4CCCCCC4)c(F)cc3c1=O)OC(c1ccc(F)cc1)=C2. The Morgan fingerprint density at radius 3 is 2.38 bits per heavy atom. The molecule has 1 fully saturated rings. The third-order valence-electron chi connectivity index (χ3n) is 5.95. The summed E-state index contributed by atoms with van der Waals surface area (Å²) in [5, 5.41) is 9.43. The highest BCUT2D eigenvalue weighted by Gasteiger charge is 2.29. The highest BCUT2D eigenvalue weighted by molar-refractivity contribution is 6.00. The largest absolute Gasteiger partial charge is 0.477 e. The van der Waals surface area contributed by atoms with E-state index < -0.39 is 28.6 Å². The lowest BCUT2D eigenvalue weighted by atomic mass is 10.1. The van der Waals surface area contributed by atoms with Crippen LogP contribution < -0.4 is 15.1 Å². The van der Waals surface area contributed by atoms with Gasteiger partial charge in [0.2, 0.25) is 5.43 Å². The lowest BCUT2D eigenvalue weighted by molar-refractivity contribution is 0.0695. The molecule has 1 N–H and O–H groups in total. The van der Waals surface area contributed by atoms with Gasteiger partial charge < -0.3 is 19.3 Å². The molecule has 0 atom stereocenters. The number of pyridine rings is 1. The summed E-state index contributed by atoms with van der Waals surface area (Å²) in [6.07, 6.45) is 6.65. The van der Waals surface area contributed by atoms with Crippen LogP contribution in [0.3, 0.4) is 0 Å². The summed E-state index contributed by atoms with van der Waals surface area (Å²) < 4.78 is 36.5. The van der Waals surface area contributed by atoms with Crippen molar-refractivity contribution in [3.63, 3.8) is 0 Å². The maximum Gasteiger partial charge on any atom is 0.341 e. The normalized spacial score (nSPS) is 15.8. The molecule has 3 heterocycles. The summed E-state index contributed by atoms with van der Waals surface area (Å²) in [7, 11) is 0. The maximum absolute atomic E-state index is 15.4. The van der Waals surface area contributed by atoms with Gasteiger partial charge in [0.1, 0.15) is 22.6 Å². The average Bonchev–Trinajstić information content (AvgIpc) is 3.05. The number of carboxylic acid groups (broad SMARTS) is 1. The van der Waals surface area contributed by atoms with Crippen LogP contribution in [0.15, 0.2) is 41.3 Å². The van der Waals surface area contributed by atoms with Crippen molar-refractivity contribution in [3.8, 4) is 5.75 Å². The minimum Gasteiger partial charge on any atom is -0.477 e. The van der Waals surface area contributed by atoms with Crippen molar-refractivity contribution in [2.24, 2.45) is 0 Å². The molecule has 1 aromatic heterocycles. The first-order chi connectivity index (χ1) is 15.4. The summed E-state index contributed by atoms with van der Waals surface area (Å²) in [4.78, 5) is 26.4. The van der Waals surface area contributed by atoms with E-state index in [0.29, 0.717) is 29.9 Å². The van der Waals surface area contributed by atoms with Crippen LogP contribution in [-0.2, 0) is 0 Å². The van der Waals surface area contributed by atoms with E-state index in [1.807, 2.05) is 4.90 Å². The van der Waals surface area contributed by atoms with Gasteiger partial charge in [0, 0.05) is 24.8 Å². The van der Waals surface area contributed by atoms with Crippen LogP contribution in [0, 0.1) is 11.6 Å². The molecule has 2 aliphatic rings. The van der Waals surface area contributed by atoms with Gasteiger partial charge >= 0.3 is 5.97 Å². The number of rotatable bonds is 3. The summed E-state index contributed by atoms with van der Waals surface area (Å²) >= 11 is 0. The molecule has 32 heavy (non-hydrogen) atoms. The highest BCUT2D eigenvalue weighted by Crippen LogP contribution is 2.43. The van der Waals surface area contributed by atoms with E-state index in [0.717, 1.165) is 31.7 Å². The summed E-state index contributed by atoms with van der Waals surface area (Å²) in [6.45, 7) is 1.29. The first kappa shape index (κ1) is 20.2. The standard InChI is InChI=1S/C24H20F2N2O4/c25-15-7-5-14(6-8-15)19-13-28-12-17(24(30)31)22(29)16-11-18(26)21(23(32-19)20(16)28)27-9-3-1-2-4-10-27/h5-8,11-13H,1-4,9-10H2,(H,30,31). The van der Waals surface area contributed by atoms with Gasteiger partial charge in [0.15, 0.2) is 17.3 Å². The molecule has 2 aromatic carbocycles. The molecular formula is C24H20F2N2O4. The van der Waals surface area contributed by atoms with E-state index in [1.54, 1.807) is 0 Å². The molecule has 5 rings (SSSR count). The summed E-state index contributed by atoms with van der Waals surface area (Å²) in [5.74, 6) is -2.00. The van der Waals surface area contributed by atoms with Crippen molar-refractivity contribution in [2.75, 3.05) is 18.0 Å². The number of hydrogen-bond donors (Lipinski definition) is 1. The minimum absolute atomic E-state index is 0.0645. The number of ether oxygens (including phenoxy) is 1. The molecule has 6 nitrogen and oxygen atoms in total. The van der Waals surface area contributed by atoms with E-state index in [9.17, 15) is 19.1 Å². The van der Waals surface area contributed by atoms with E-state index >= 15 is 4.39 Å². The number of benzene rings is 2. The van der Waals surface area contributed by atoms with Gasteiger partial charge in [0.05, 0.1) is 11.6 Å². The molecule has 0 spiro atoms. The maximum atomic E-state index is 15.4. The number of halogens is 2. The van der Waals surface area contributed by atoms with Gasteiger partial charge in [0.25, 0.3) is 0 Å². The van der Waals surface area contributed by atoms with Crippen molar-refractivity contribution < 1.29 is 23.4 Å². The molecule has 164 valence electrons. The minimum atomic E-state index is -1.40. The molecule has 0 unspecified atom stereocenters. The van der Waals surface area contributed by atoms with Gasteiger partial charge in [-0.25, -0.2) is 13.6 Å². The number of aromatic carboxylic acids is 1. The quantitative estimate of drug-likeness (QED) is 0.642. The van der Waals surface area contributed by atoms with E-state index in [2.05, 4.69) is 0 Å². The molecule has 0 amide bonds. The van der Waals surface area contributed by atoms with E-state index in [1.165, 1.54) is 41.2 Å². The van der Waals surface area contributed by atoms with Gasteiger partial charge in [-0.15, -0.1) is 0 Å². The van der Waals surface area contributed by atoms with Gasteiger partial charge in [-0.2, -0.15) is 0 Å². The molecule has 0 saturated carbocycles. The van der Waals surface area contributed by atoms with Gasteiger partial charge in [-0.05, 0) is 43.2 Å². The zero-order valence-electron chi connectivity index (χ0n) is 17.1.